The summed E-state index contributed by atoms with van der Waals surface area (Å²) in [6.45, 7) is 4.27. The molecular formula is C50H41N3. The number of benzene rings is 8. The van der Waals surface area contributed by atoms with Gasteiger partial charge in [0.2, 0.25) is 0 Å². The van der Waals surface area contributed by atoms with Gasteiger partial charge in [-0.1, -0.05) is 121 Å². The smallest absolute Gasteiger partial charge is 0.0464 e. The van der Waals surface area contributed by atoms with E-state index in [4.69, 9.17) is 5.73 Å². The molecule has 0 amide bonds. The summed E-state index contributed by atoms with van der Waals surface area (Å²) in [5.41, 5.74) is 23.3. The second-order valence-electron chi connectivity index (χ2n) is 13.4. The molecule has 8 rings (SSSR count). The Hall–Kier alpha value is -6.84. The molecule has 0 aliphatic rings. The highest BCUT2D eigenvalue weighted by molar-refractivity contribution is 6.00. The summed E-state index contributed by atoms with van der Waals surface area (Å²) in [6.07, 6.45) is 0. The molecule has 0 fully saturated rings. The summed E-state index contributed by atoms with van der Waals surface area (Å²) in [5.74, 6) is 0. The fraction of sp³-hybridized carbons (Fsp3) is 0.0400. The SMILES string of the molecule is Cc1cccc(N(c2ccccc2)c2ccc(-c3c(N)ccc(-c4ccccc4)c3-c3ccc(N(c4ccccc4)c4cccc(C)c4)cc3)cc2)c1. The molecule has 3 nitrogen and oxygen atoms in total. The van der Waals surface area contributed by atoms with Crippen LogP contribution in [0.2, 0.25) is 0 Å². The highest BCUT2D eigenvalue weighted by atomic mass is 15.1. The van der Waals surface area contributed by atoms with Crippen LogP contribution in [0.3, 0.4) is 0 Å². The van der Waals surface area contributed by atoms with Gasteiger partial charge in [-0.25, -0.2) is 0 Å². The first-order valence-electron chi connectivity index (χ1n) is 18.1. The Bertz CT molecular complexity index is 2460. The lowest BCUT2D eigenvalue weighted by Crippen LogP contribution is -2.10. The molecule has 0 aliphatic heterocycles. The van der Waals surface area contributed by atoms with Gasteiger partial charge in [0.05, 0.1) is 0 Å². The Morgan fingerprint density at radius 1 is 0.321 bits per heavy atom. The molecule has 0 bridgehead atoms. The van der Waals surface area contributed by atoms with Crippen LogP contribution in [0.1, 0.15) is 11.1 Å². The zero-order valence-corrected chi connectivity index (χ0v) is 30.0. The Labute approximate surface area is 312 Å². The zero-order valence-electron chi connectivity index (χ0n) is 30.0. The predicted molar refractivity (Wildman–Crippen MR) is 226 cm³/mol. The van der Waals surface area contributed by atoms with E-state index in [0.29, 0.717) is 0 Å². The summed E-state index contributed by atoms with van der Waals surface area (Å²) >= 11 is 0. The second kappa shape index (κ2) is 14.8. The minimum absolute atomic E-state index is 0.737. The van der Waals surface area contributed by atoms with Crippen molar-refractivity contribution in [2.75, 3.05) is 15.5 Å². The van der Waals surface area contributed by atoms with E-state index in [1.807, 2.05) is 6.07 Å². The maximum absolute atomic E-state index is 6.96. The number of para-hydroxylation sites is 2. The van der Waals surface area contributed by atoms with Crippen LogP contribution in [0, 0.1) is 13.8 Å². The van der Waals surface area contributed by atoms with E-state index in [0.717, 1.165) is 73.2 Å². The van der Waals surface area contributed by atoms with Crippen LogP contribution in [0.25, 0.3) is 33.4 Å². The number of nitrogens with zero attached hydrogens (tertiary/aromatic N) is 2. The standard InChI is InChI=1S/C50H41N3/c1-36-14-12-22-45(34-36)52(41-18-8-4-9-19-41)43-28-24-39(25-29-43)49-47(38-16-6-3-7-17-38)32-33-48(51)50(49)40-26-30-44(31-27-40)53(42-20-10-5-11-21-42)46-23-13-15-37(2)35-46/h3-35H,51H2,1-2H3. The van der Waals surface area contributed by atoms with Crippen molar-refractivity contribution < 1.29 is 0 Å². The highest BCUT2D eigenvalue weighted by Gasteiger charge is 2.20. The van der Waals surface area contributed by atoms with Crippen molar-refractivity contribution in [3.8, 4) is 33.4 Å². The van der Waals surface area contributed by atoms with Gasteiger partial charge in [-0.15, -0.1) is 0 Å². The van der Waals surface area contributed by atoms with Gasteiger partial charge in [-0.3, -0.25) is 0 Å². The van der Waals surface area contributed by atoms with Crippen molar-refractivity contribution >= 4 is 39.8 Å². The first-order valence-corrected chi connectivity index (χ1v) is 18.1. The summed E-state index contributed by atoms with van der Waals surface area (Å²) < 4.78 is 0. The number of hydrogen-bond donors (Lipinski definition) is 1. The van der Waals surface area contributed by atoms with Gasteiger partial charge in [-0.2, -0.15) is 0 Å². The van der Waals surface area contributed by atoms with Gasteiger partial charge in [0.25, 0.3) is 0 Å². The molecule has 256 valence electrons. The van der Waals surface area contributed by atoms with Crippen LogP contribution >= 0.6 is 0 Å². The highest BCUT2D eigenvalue weighted by Crippen LogP contribution is 2.45. The molecule has 8 aromatic rings. The number of anilines is 7. The van der Waals surface area contributed by atoms with E-state index in [2.05, 4.69) is 218 Å². The molecule has 53 heavy (non-hydrogen) atoms. The summed E-state index contributed by atoms with van der Waals surface area (Å²) in [7, 11) is 0. The fourth-order valence-electron chi connectivity index (χ4n) is 7.22. The number of nitrogens with two attached hydrogens (primary N) is 1. The fourth-order valence-corrected chi connectivity index (χ4v) is 7.22. The Balaban J connectivity index is 1.25. The zero-order chi connectivity index (χ0) is 36.1. The van der Waals surface area contributed by atoms with Gasteiger partial charge in [0.15, 0.2) is 0 Å². The van der Waals surface area contributed by atoms with Crippen molar-refractivity contribution in [3.63, 3.8) is 0 Å². The molecular weight excluding hydrogens is 643 g/mol. The largest absolute Gasteiger partial charge is 0.398 e. The van der Waals surface area contributed by atoms with Gasteiger partial charge in [-0.05, 0) is 132 Å². The molecule has 3 heteroatoms. The molecule has 0 aromatic heterocycles. The molecule has 0 spiro atoms. The predicted octanol–water partition coefficient (Wildman–Crippen LogP) is 13.8. The number of aryl methyl sites for hydroxylation is 2. The first kappa shape index (κ1) is 33.3. The summed E-state index contributed by atoms with van der Waals surface area (Å²) in [5, 5.41) is 0. The molecule has 0 radical (unpaired) electrons. The van der Waals surface area contributed by atoms with Crippen molar-refractivity contribution in [1.82, 2.24) is 0 Å². The minimum Gasteiger partial charge on any atom is -0.398 e. The minimum atomic E-state index is 0.737. The van der Waals surface area contributed by atoms with Crippen molar-refractivity contribution in [1.29, 1.82) is 0 Å². The Morgan fingerprint density at radius 3 is 1.17 bits per heavy atom. The molecule has 2 N–H and O–H groups in total. The molecule has 8 aromatic carbocycles. The molecule has 0 aliphatic carbocycles. The summed E-state index contributed by atoms with van der Waals surface area (Å²) in [6, 6.07) is 70.8. The first-order chi connectivity index (χ1) is 26.0. The van der Waals surface area contributed by atoms with Crippen LogP contribution in [-0.4, -0.2) is 0 Å². The molecule has 0 saturated heterocycles. The average molecular weight is 684 g/mol. The maximum Gasteiger partial charge on any atom is 0.0464 e. The Morgan fingerprint density at radius 2 is 0.717 bits per heavy atom. The van der Waals surface area contributed by atoms with Crippen molar-refractivity contribution in [3.05, 3.63) is 211 Å². The lowest BCUT2D eigenvalue weighted by molar-refractivity contribution is 1.27. The number of hydrogen-bond acceptors (Lipinski definition) is 3. The van der Waals surface area contributed by atoms with E-state index in [-0.39, 0.29) is 0 Å². The topological polar surface area (TPSA) is 32.5 Å². The Kier molecular flexibility index (Phi) is 9.30. The van der Waals surface area contributed by atoms with E-state index >= 15 is 0 Å². The number of nitrogen functional groups attached to an aromatic ring is 1. The van der Waals surface area contributed by atoms with Crippen molar-refractivity contribution in [2.45, 2.75) is 13.8 Å². The number of rotatable bonds is 9. The van der Waals surface area contributed by atoms with Crippen LogP contribution in [0.5, 0.6) is 0 Å². The quantitative estimate of drug-likeness (QED) is 0.154. The average Bonchev–Trinajstić information content (AvgIpc) is 3.20. The molecule has 0 unspecified atom stereocenters. The van der Waals surface area contributed by atoms with Crippen LogP contribution in [-0.2, 0) is 0 Å². The third kappa shape index (κ3) is 6.93. The van der Waals surface area contributed by atoms with E-state index < -0.39 is 0 Å². The molecule has 0 saturated carbocycles. The van der Waals surface area contributed by atoms with Gasteiger partial charge < -0.3 is 15.5 Å². The lowest BCUT2D eigenvalue weighted by Gasteiger charge is -2.27. The normalized spacial score (nSPS) is 10.9. The third-order valence-electron chi connectivity index (χ3n) is 9.70. The van der Waals surface area contributed by atoms with E-state index in [9.17, 15) is 0 Å². The van der Waals surface area contributed by atoms with Crippen molar-refractivity contribution in [2.24, 2.45) is 0 Å². The molecule has 0 heterocycles. The maximum atomic E-state index is 6.96. The van der Waals surface area contributed by atoms with Gasteiger partial charge >= 0.3 is 0 Å². The summed E-state index contributed by atoms with van der Waals surface area (Å²) in [4.78, 5) is 4.60. The van der Waals surface area contributed by atoms with E-state index in [1.165, 1.54) is 11.1 Å². The van der Waals surface area contributed by atoms with Gasteiger partial charge in [0, 0.05) is 45.4 Å². The third-order valence-corrected chi connectivity index (χ3v) is 9.70. The lowest BCUT2D eigenvalue weighted by atomic mass is 9.86. The van der Waals surface area contributed by atoms with Gasteiger partial charge in [0.1, 0.15) is 0 Å². The molecule has 0 atom stereocenters. The second-order valence-corrected chi connectivity index (χ2v) is 13.4. The monoisotopic (exact) mass is 683 g/mol. The van der Waals surface area contributed by atoms with Crippen LogP contribution in [0.15, 0.2) is 200 Å². The van der Waals surface area contributed by atoms with Crippen LogP contribution < -0.4 is 15.5 Å². The van der Waals surface area contributed by atoms with Crippen LogP contribution in [0.4, 0.5) is 39.8 Å². The van der Waals surface area contributed by atoms with E-state index in [1.54, 1.807) is 0 Å².